The van der Waals surface area contributed by atoms with Crippen molar-refractivity contribution in [3.8, 4) is 5.69 Å². The minimum Gasteiger partial charge on any atom is -0.409 e. The Morgan fingerprint density at radius 1 is 1.38 bits per heavy atom. The third-order valence-electron chi connectivity index (χ3n) is 1.95. The van der Waals surface area contributed by atoms with Gasteiger partial charge in [-0.25, -0.2) is 9.07 Å². The van der Waals surface area contributed by atoms with Gasteiger partial charge in [-0.15, -0.1) is 5.10 Å². The van der Waals surface area contributed by atoms with E-state index in [4.69, 9.17) is 10.9 Å². The third kappa shape index (κ3) is 1.83. The number of amidine groups is 1. The Labute approximate surface area is 89.8 Å². The molecule has 0 aliphatic rings. The number of benzene rings is 1. The maximum Gasteiger partial charge on any atom is 0.192 e. The first-order chi connectivity index (χ1) is 7.70. The van der Waals surface area contributed by atoms with Crippen LogP contribution in [0.2, 0.25) is 0 Å². The Balaban J connectivity index is 2.35. The molecule has 0 spiro atoms. The first kappa shape index (κ1) is 10.1. The van der Waals surface area contributed by atoms with Crippen LogP contribution >= 0.6 is 0 Å². The average molecular weight is 221 g/mol. The van der Waals surface area contributed by atoms with E-state index in [1.807, 2.05) is 0 Å². The second kappa shape index (κ2) is 3.97. The fraction of sp³-hybridized carbons (Fsp3) is 0. The molecule has 1 aromatic carbocycles. The lowest BCUT2D eigenvalue weighted by molar-refractivity contribution is 0.318. The Hall–Kier alpha value is -2.44. The maximum atomic E-state index is 12.7. The van der Waals surface area contributed by atoms with E-state index in [-0.39, 0.29) is 17.3 Å². The molecular weight excluding hydrogens is 213 g/mol. The third-order valence-corrected chi connectivity index (χ3v) is 1.95. The lowest BCUT2D eigenvalue weighted by Gasteiger charge is -1.98. The zero-order valence-electron chi connectivity index (χ0n) is 8.08. The van der Waals surface area contributed by atoms with Crippen LogP contribution in [-0.2, 0) is 0 Å². The van der Waals surface area contributed by atoms with Crippen LogP contribution in [0.15, 0.2) is 35.6 Å². The van der Waals surface area contributed by atoms with Gasteiger partial charge in [0.15, 0.2) is 11.5 Å². The molecule has 0 atom stereocenters. The zero-order valence-corrected chi connectivity index (χ0v) is 8.08. The minimum absolute atomic E-state index is 0.131. The summed E-state index contributed by atoms with van der Waals surface area (Å²) in [5.41, 5.74) is 6.21. The smallest absolute Gasteiger partial charge is 0.192 e. The normalized spacial score (nSPS) is 11.7. The first-order valence-corrected chi connectivity index (χ1v) is 4.37. The number of aromatic nitrogens is 3. The molecule has 7 heteroatoms. The molecule has 1 heterocycles. The number of hydrogen-bond acceptors (Lipinski definition) is 4. The van der Waals surface area contributed by atoms with E-state index in [9.17, 15) is 4.39 Å². The van der Waals surface area contributed by atoms with Crippen molar-refractivity contribution in [3.05, 3.63) is 42.0 Å². The summed E-state index contributed by atoms with van der Waals surface area (Å²) in [4.78, 5) is 0. The molecule has 6 nitrogen and oxygen atoms in total. The molecule has 0 unspecified atom stereocenters. The quantitative estimate of drug-likeness (QED) is 0.334. The highest BCUT2D eigenvalue weighted by Gasteiger charge is 2.06. The van der Waals surface area contributed by atoms with E-state index < -0.39 is 0 Å². The van der Waals surface area contributed by atoms with Gasteiger partial charge in [0.1, 0.15) is 5.82 Å². The van der Waals surface area contributed by atoms with Crippen LogP contribution < -0.4 is 5.73 Å². The number of rotatable bonds is 2. The molecule has 82 valence electrons. The topological polar surface area (TPSA) is 89.3 Å². The highest BCUT2D eigenvalue weighted by atomic mass is 19.1. The van der Waals surface area contributed by atoms with Gasteiger partial charge in [-0.2, -0.15) is 0 Å². The van der Waals surface area contributed by atoms with Crippen LogP contribution in [0.5, 0.6) is 0 Å². The number of hydrogen-bond donors (Lipinski definition) is 2. The van der Waals surface area contributed by atoms with Gasteiger partial charge >= 0.3 is 0 Å². The number of nitrogens with zero attached hydrogens (tertiary/aromatic N) is 4. The van der Waals surface area contributed by atoms with Crippen LogP contribution in [-0.4, -0.2) is 26.0 Å². The fourth-order valence-electron chi connectivity index (χ4n) is 1.15. The molecule has 2 aromatic rings. The van der Waals surface area contributed by atoms with E-state index in [0.717, 1.165) is 0 Å². The predicted molar refractivity (Wildman–Crippen MR) is 53.8 cm³/mol. The van der Waals surface area contributed by atoms with Crippen molar-refractivity contribution in [1.82, 2.24) is 15.0 Å². The van der Waals surface area contributed by atoms with Crippen molar-refractivity contribution in [3.63, 3.8) is 0 Å². The molecule has 0 saturated heterocycles. The molecular formula is C9H8FN5O. The molecule has 0 aliphatic heterocycles. The first-order valence-electron chi connectivity index (χ1n) is 4.37. The monoisotopic (exact) mass is 221 g/mol. The standard InChI is InChI=1S/C9H8FN5O/c10-6-1-3-7(4-2-6)15-5-8(12-14-15)9(11)13-16/h1-5,16H,(H2,11,13). The summed E-state index contributed by atoms with van der Waals surface area (Å²) in [7, 11) is 0. The van der Waals surface area contributed by atoms with Crippen LogP contribution in [0.4, 0.5) is 4.39 Å². The van der Waals surface area contributed by atoms with Gasteiger partial charge in [-0.1, -0.05) is 10.4 Å². The van der Waals surface area contributed by atoms with Crippen molar-refractivity contribution in [2.75, 3.05) is 0 Å². The van der Waals surface area contributed by atoms with Crippen molar-refractivity contribution in [2.24, 2.45) is 10.9 Å². The Bertz CT molecular complexity index is 519. The fourth-order valence-corrected chi connectivity index (χ4v) is 1.15. The SMILES string of the molecule is N/C(=N\O)c1cn(-c2ccc(F)cc2)nn1. The molecule has 16 heavy (non-hydrogen) atoms. The molecule has 1 aromatic heterocycles. The summed E-state index contributed by atoms with van der Waals surface area (Å²) >= 11 is 0. The van der Waals surface area contributed by atoms with E-state index in [0.29, 0.717) is 5.69 Å². The second-order valence-electron chi connectivity index (χ2n) is 3.01. The van der Waals surface area contributed by atoms with Crippen molar-refractivity contribution in [1.29, 1.82) is 0 Å². The zero-order chi connectivity index (χ0) is 11.5. The lowest BCUT2D eigenvalue weighted by Crippen LogP contribution is -2.13. The predicted octanol–water partition coefficient (Wildman–Crippen LogP) is 0.501. The Kier molecular flexibility index (Phi) is 2.50. The summed E-state index contributed by atoms with van der Waals surface area (Å²) in [6.45, 7) is 0. The van der Waals surface area contributed by atoms with Gasteiger partial charge in [0.05, 0.1) is 11.9 Å². The average Bonchev–Trinajstić information content (AvgIpc) is 2.78. The van der Waals surface area contributed by atoms with E-state index in [1.165, 1.54) is 23.0 Å². The molecule has 2 rings (SSSR count). The van der Waals surface area contributed by atoms with Gasteiger partial charge < -0.3 is 10.9 Å². The maximum absolute atomic E-state index is 12.7. The van der Waals surface area contributed by atoms with Gasteiger partial charge in [0, 0.05) is 0 Å². The summed E-state index contributed by atoms with van der Waals surface area (Å²) in [5.74, 6) is -0.464. The van der Waals surface area contributed by atoms with Crippen molar-refractivity contribution in [2.45, 2.75) is 0 Å². The summed E-state index contributed by atoms with van der Waals surface area (Å²) in [6.07, 6.45) is 1.47. The van der Waals surface area contributed by atoms with Gasteiger partial charge in [-0.05, 0) is 24.3 Å². The number of halogens is 1. The molecule has 0 bridgehead atoms. The van der Waals surface area contributed by atoms with E-state index in [1.54, 1.807) is 12.1 Å². The molecule has 3 N–H and O–H groups in total. The van der Waals surface area contributed by atoms with Crippen LogP contribution in [0.25, 0.3) is 5.69 Å². The molecule has 0 fully saturated rings. The number of oxime groups is 1. The Morgan fingerprint density at radius 2 is 2.06 bits per heavy atom. The molecule has 0 aliphatic carbocycles. The van der Waals surface area contributed by atoms with Crippen LogP contribution in [0, 0.1) is 5.82 Å². The van der Waals surface area contributed by atoms with Crippen LogP contribution in [0.3, 0.4) is 0 Å². The minimum atomic E-state index is -0.333. The summed E-state index contributed by atoms with van der Waals surface area (Å²) in [5, 5.41) is 18.7. The van der Waals surface area contributed by atoms with Gasteiger partial charge in [0.25, 0.3) is 0 Å². The molecule has 0 radical (unpaired) electrons. The van der Waals surface area contributed by atoms with E-state index in [2.05, 4.69) is 15.5 Å². The summed E-state index contributed by atoms with van der Waals surface area (Å²) in [6, 6.07) is 5.69. The highest BCUT2D eigenvalue weighted by Crippen LogP contribution is 2.07. The van der Waals surface area contributed by atoms with Gasteiger partial charge in [0.2, 0.25) is 0 Å². The number of nitrogens with two attached hydrogens (primary N) is 1. The lowest BCUT2D eigenvalue weighted by atomic mass is 10.3. The largest absolute Gasteiger partial charge is 0.409 e. The van der Waals surface area contributed by atoms with Crippen LogP contribution in [0.1, 0.15) is 5.69 Å². The second-order valence-corrected chi connectivity index (χ2v) is 3.01. The molecule has 0 saturated carbocycles. The van der Waals surface area contributed by atoms with Crippen molar-refractivity contribution < 1.29 is 9.60 Å². The van der Waals surface area contributed by atoms with Gasteiger partial charge in [-0.3, -0.25) is 0 Å². The Morgan fingerprint density at radius 3 is 2.69 bits per heavy atom. The highest BCUT2D eigenvalue weighted by molar-refractivity contribution is 5.94. The molecule has 0 amide bonds. The van der Waals surface area contributed by atoms with E-state index >= 15 is 0 Å². The summed E-state index contributed by atoms with van der Waals surface area (Å²) < 4.78 is 14.1. The van der Waals surface area contributed by atoms with Crippen molar-refractivity contribution >= 4 is 5.84 Å².